The fourth-order valence-electron chi connectivity index (χ4n) is 3.26. The summed E-state index contributed by atoms with van der Waals surface area (Å²) in [5.74, 6) is 0.990. The van der Waals surface area contributed by atoms with E-state index in [2.05, 4.69) is 11.4 Å². The highest BCUT2D eigenvalue weighted by atomic mass is 32.2. The third-order valence-electron chi connectivity index (χ3n) is 4.79. The van der Waals surface area contributed by atoms with Crippen molar-refractivity contribution in [1.82, 2.24) is 0 Å². The van der Waals surface area contributed by atoms with Gasteiger partial charge in [-0.1, -0.05) is 12.1 Å². The van der Waals surface area contributed by atoms with Crippen LogP contribution in [0.4, 0.5) is 11.4 Å². The lowest BCUT2D eigenvalue weighted by Crippen LogP contribution is -2.28. The Morgan fingerprint density at radius 3 is 2.80 bits per heavy atom. The molecule has 1 N–H and O–H groups in total. The molecule has 1 aliphatic heterocycles. The maximum Gasteiger partial charge on any atom is 0.229 e. The molecule has 30 heavy (non-hydrogen) atoms. The Morgan fingerprint density at radius 1 is 1.27 bits per heavy atom. The lowest BCUT2D eigenvalue weighted by molar-refractivity contribution is -0.122. The van der Waals surface area contributed by atoms with Crippen molar-refractivity contribution in [1.29, 1.82) is 5.26 Å². The molecule has 2 aromatic carbocycles. The van der Waals surface area contributed by atoms with E-state index in [0.717, 1.165) is 4.90 Å². The summed E-state index contributed by atoms with van der Waals surface area (Å²) in [6.07, 6.45) is 0.563. The molecule has 0 radical (unpaired) electrons. The van der Waals surface area contributed by atoms with Crippen LogP contribution in [0.2, 0.25) is 0 Å². The normalized spacial score (nSPS) is 15.6. The van der Waals surface area contributed by atoms with Gasteiger partial charge < -0.3 is 19.7 Å². The van der Waals surface area contributed by atoms with Gasteiger partial charge in [0.1, 0.15) is 11.5 Å². The van der Waals surface area contributed by atoms with Gasteiger partial charge in [-0.05, 0) is 24.3 Å². The zero-order valence-corrected chi connectivity index (χ0v) is 17.7. The number of thioether (sulfide) groups is 1. The Morgan fingerprint density at radius 2 is 2.07 bits per heavy atom. The Kier molecular flexibility index (Phi) is 7.20. The Hall–Kier alpha value is -3.18. The zero-order valence-electron chi connectivity index (χ0n) is 16.9. The van der Waals surface area contributed by atoms with Gasteiger partial charge in [0.05, 0.1) is 37.6 Å². The van der Waals surface area contributed by atoms with E-state index in [0.29, 0.717) is 35.0 Å². The van der Waals surface area contributed by atoms with E-state index in [9.17, 15) is 9.59 Å². The minimum absolute atomic E-state index is 0.129. The van der Waals surface area contributed by atoms with Gasteiger partial charge in [0.2, 0.25) is 11.8 Å². The molecule has 1 heterocycles. The van der Waals surface area contributed by atoms with Crippen molar-refractivity contribution in [3.05, 3.63) is 42.5 Å². The van der Waals surface area contributed by atoms with Crippen LogP contribution in [-0.4, -0.2) is 38.3 Å². The minimum atomic E-state index is -0.471. The predicted octanol–water partition coefficient (Wildman–Crippen LogP) is 3.70. The third kappa shape index (κ3) is 4.86. The van der Waals surface area contributed by atoms with Gasteiger partial charge in [-0.25, -0.2) is 0 Å². The van der Waals surface area contributed by atoms with E-state index in [4.69, 9.17) is 14.7 Å². The summed E-state index contributed by atoms with van der Waals surface area (Å²) in [6, 6.07) is 14.8. The second-order valence-electron chi connectivity index (χ2n) is 6.69. The SMILES string of the molecule is COc1ccc(N2C[C@H](C(=O)Nc3ccccc3SCCC#N)CC2=O)c(OC)c1. The van der Waals surface area contributed by atoms with Crippen LogP contribution in [0.3, 0.4) is 0 Å². The maximum atomic E-state index is 12.9. The quantitative estimate of drug-likeness (QED) is 0.512. The Balaban J connectivity index is 1.71. The number of para-hydroxylation sites is 1. The molecule has 0 saturated carbocycles. The van der Waals surface area contributed by atoms with Crippen LogP contribution in [-0.2, 0) is 9.59 Å². The van der Waals surface area contributed by atoms with Gasteiger partial charge in [-0.3, -0.25) is 9.59 Å². The largest absolute Gasteiger partial charge is 0.497 e. The van der Waals surface area contributed by atoms with Crippen LogP contribution in [0.15, 0.2) is 47.4 Å². The first-order chi connectivity index (χ1) is 14.6. The standard InChI is InChI=1S/C22H23N3O4S/c1-28-16-8-9-18(19(13-16)29-2)25-14-15(12-21(25)26)22(27)24-17-6-3-4-7-20(17)30-11-5-10-23/h3-4,6-9,13,15H,5,11-12,14H2,1-2H3,(H,24,27)/t15-/m1/s1. The monoisotopic (exact) mass is 425 g/mol. The van der Waals surface area contributed by atoms with Gasteiger partial charge in [0.25, 0.3) is 0 Å². The molecule has 156 valence electrons. The van der Waals surface area contributed by atoms with Crippen LogP contribution in [0.25, 0.3) is 0 Å². The highest BCUT2D eigenvalue weighted by molar-refractivity contribution is 7.99. The molecule has 0 spiro atoms. The van der Waals surface area contributed by atoms with Crippen LogP contribution >= 0.6 is 11.8 Å². The molecule has 3 rings (SSSR count). The smallest absolute Gasteiger partial charge is 0.229 e. The molecule has 1 saturated heterocycles. The fourth-order valence-corrected chi connectivity index (χ4v) is 4.12. The molecule has 0 aliphatic carbocycles. The van der Waals surface area contributed by atoms with Crippen LogP contribution in [0.1, 0.15) is 12.8 Å². The van der Waals surface area contributed by atoms with Crippen LogP contribution in [0.5, 0.6) is 11.5 Å². The molecular formula is C22H23N3O4S. The number of nitrogens with zero attached hydrogens (tertiary/aromatic N) is 2. The lowest BCUT2D eigenvalue weighted by atomic mass is 10.1. The van der Waals surface area contributed by atoms with E-state index in [1.54, 1.807) is 30.2 Å². The van der Waals surface area contributed by atoms with Crippen molar-refractivity contribution in [3.8, 4) is 17.6 Å². The van der Waals surface area contributed by atoms with Gasteiger partial charge >= 0.3 is 0 Å². The summed E-state index contributed by atoms with van der Waals surface area (Å²) in [5.41, 5.74) is 1.31. The van der Waals surface area contributed by atoms with E-state index in [-0.39, 0.29) is 24.8 Å². The number of ether oxygens (including phenoxy) is 2. The van der Waals surface area contributed by atoms with Crippen LogP contribution < -0.4 is 19.7 Å². The number of methoxy groups -OCH3 is 2. The van der Waals surface area contributed by atoms with Crippen molar-refractivity contribution in [2.24, 2.45) is 5.92 Å². The number of rotatable bonds is 8. The van der Waals surface area contributed by atoms with Crippen molar-refractivity contribution in [2.75, 3.05) is 36.7 Å². The summed E-state index contributed by atoms with van der Waals surface area (Å²) in [6.45, 7) is 0.275. The average molecular weight is 426 g/mol. The fraction of sp³-hybridized carbons (Fsp3) is 0.318. The molecule has 1 atom stereocenters. The molecular weight excluding hydrogens is 402 g/mol. The van der Waals surface area contributed by atoms with E-state index >= 15 is 0 Å². The number of hydrogen-bond acceptors (Lipinski definition) is 6. The second-order valence-corrected chi connectivity index (χ2v) is 7.82. The van der Waals surface area contributed by atoms with Crippen molar-refractivity contribution < 1.29 is 19.1 Å². The number of amides is 2. The number of benzene rings is 2. The Labute approximate surface area is 180 Å². The van der Waals surface area contributed by atoms with Crippen molar-refractivity contribution in [3.63, 3.8) is 0 Å². The Bertz CT molecular complexity index is 973. The van der Waals surface area contributed by atoms with Gasteiger partial charge in [0, 0.05) is 36.1 Å². The summed E-state index contributed by atoms with van der Waals surface area (Å²) in [5, 5.41) is 11.7. The molecule has 1 aliphatic rings. The number of carbonyl (C=O) groups is 2. The summed E-state index contributed by atoms with van der Waals surface area (Å²) in [7, 11) is 3.09. The highest BCUT2D eigenvalue weighted by Crippen LogP contribution is 2.36. The molecule has 0 unspecified atom stereocenters. The first kappa shape index (κ1) is 21.5. The van der Waals surface area contributed by atoms with Gasteiger partial charge in [-0.2, -0.15) is 5.26 Å². The predicted molar refractivity (Wildman–Crippen MR) is 116 cm³/mol. The summed E-state index contributed by atoms with van der Waals surface area (Å²) in [4.78, 5) is 28.0. The number of nitriles is 1. The zero-order chi connectivity index (χ0) is 21.5. The van der Waals surface area contributed by atoms with E-state index in [1.807, 2.05) is 24.3 Å². The number of carbonyl (C=O) groups excluding carboxylic acids is 2. The highest BCUT2D eigenvalue weighted by Gasteiger charge is 2.36. The molecule has 8 heteroatoms. The first-order valence-corrected chi connectivity index (χ1v) is 10.5. The van der Waals surface area contributed by atoms with Crippen molar-refractivity contribution in [2.45, 2.75) is 17.7 Å². The summed E-state index contributed by atoms with van der Waals surface area (Å²) < 4.78 is 10.6. The van der Waals surface area contributed by atoms with Crippen molar-refractivity contribution >= 4 is 35.0 Å². The number of hydrogen-bond donors (Lipinski definition) is 1. The van der Waals surface area contributed by atoms with E-state index in [1.165, 1.54) is 18.9 Å². The number of anilines is 2. The topological polar surface area (TPSA) is 91.7 Å². The lowest BCUT2D eigenvalue weighted by Gasteiger charge is -2.20. The van der Waals surface area contributed by atoms with Gasteiger partial charge in [0.15, 0.2) is 0 Å². The maximum absolute atomic E-state index is 12.9. The van der Waals surface area contributed by atoms with Crippen LogP contribution in [0, 0.1) is 17.2 Å². The third-order valence-corrected chi connectivity index (χ3v) is 5.87. The molecule has 7 nitrogen and oxygen atoms in total. The minimum Gasteiger partial charge on any atom is -0.497 e. The van der Waals surface area contributed by atoms with E-state index < -0.39 is 5.92 Å². The first-order valence-electron chi connectivity index (χ1n) is 9.49. The number of nitrogens with one attached hydrogen (secondary N) is 1. The molecule has 1 fully saturated rings. The molecule has 0 bridgehead atoms. The average Bonchev–Trinajstić information content (AvgIpc) is 3.16. The molecule has 0 aromatic heterocycles. The summed E-state index contributed by atoms with van der Waals surface area (Å²) >= 11 is 1.52. The molecule has 2 aromatic rings. The molecule has 2 amide bonds. The van der Waals surface area contributed by atoms with Gasteiger partial charge in [-0.15, -0.1) is 11.8 Å². The second kappa shape index (κ2) is 10.0.